The summed E-state index contributed by atoms with van der Waals surface area (Å²) < 4.78 is 26.9. The minimum Gasteiger partial charge on any atom is -0.493 e. The predicted octanol–water partition coefficient (Wildman–Crippen LogP) is 1.77. The van der Waals surface area contributed by atoms with Gasteiger partial charge in [-0.15, -0.1) is 0 Å². The largest absolute Gasteiger partial charge is 0.493 e. The van der Waals surface area contributed by atoms with Gasteiger partial charge < -0.3 is 33.9 Å². The van der Waals surface area contributed by atoms with Gasteiger partial charge in [-0.2, -0.15) is 0 Å². The van der Waals surface area contributed by atoms with Gasteiger partial charge in [-0.25, -0.2) is 0 Å². The molecule has 0 aromatic heterocycles. The van der Waals surface area contributed by atoms with Gasteiger partial charge in [0.15, 0.2) is 17.5 Å². The van der Waals surface area contributed by atoms with E-state index in [4.69, 9.17) is 23.7 Å². The van der Waals surface area contributed by atoms with Crippen LogP contribution in [-0.4, -0.2) is 79.3 Å². The molecule has 0 aliphatic carbocycles. The molecule has 158 valence electrons. The van der Waals surface area contributed by atoms with Crippen LogP contribution in [0, 0.1) is 5.92 Å². The fourth-order valence-electron chi connectivity index (χ4n) is 3.30. The summed E-state index contributed by atoms with van der Waals surface area (Å²) in [7, 11) is 8.33. The van der Waals surface area contributed by atoms with Crippen LogP contribution in [0.2, 0.25) is 0 Å². The molecular weight excluding hydrogens is 362 g/mol. The lowest BCUT2D eigenvalue weighted by Crippen LogP contribution is -2.39. The molecule has 1 aromatic carbocycles. The molecule has 1 fully saturated rings. The zero-order chi connectivity index (χ0) is 20.4. The fraction of sp³-hybridized carbons (Fsp3) is 0.650. The minimum atomic E-state index is 0.511. The van der Waals surface area contributed by atoms with Crippen molar-refractivity contribution in [1.29, 1.82) is 0 Å². The molecule has 2 rings (SSSR count). The number of nitrogens with zero attached hydrogens (tertiary/aromatic N) is 2. The van der Waals surface area contributed by atoms with Crippen LogP contribution in [0.25, 0.3) is 0 Å². The number of hydrogen-bond acceptors (Lipinski definition) is 6. The average Bonchev–Trinajstić information content (AvgIpc) is 3.19. The SMILES string of the molecule is CN=C(NCc1cc(OC)c(OC)c(OC)c1)N1CCC(COCCOC)C1. The molecule has 1 aliphatic rings. The van der Waals surface area contributed by atoms with E-state index in [0.29, 0.717) is 42.9 Å². The highest BCUT2D eigenvalue weighted by Gasteiger charge is 2.25. The molecule has 1 heterocycles. The maximum Gasteiger partial charge on any atom is 0.203 e. The first-order valence-electron chi connectivity index (χ1n) is 9.47. The summed E-state index contributed by atoms with van der Waals surface area (Å²) in [5.74, 6) is 3.27. The van der Waals surface area contributed by atoms with E-state index >= 15 is 0 Å². The lowest BCUT2D eigenvalue weighted by molar-refractivity contribution is 0.0536. The third-order valence-corrected chi connectivity index (χ3v) is 4.76. The Morgan fingerprint density at radius 1 is 1.11 bits per heavy atom. The number of rotatable bonds is 10. The molecule has 1 aliphatic heterocycles. The Morgan fingerprint density at radius 3 is 2.39 bits per heavy atom. The van der Waals surface area contributed by atoms with E-state index in [2.05, 4.69) is 15.2 Å². The van der Waals surface area contributed by atoms with Gasteiger partial charge in [0.25, 0.3) is 0 Å². The maximum absolute atomic E-state index is 5.67. The van der Waals surface area contributed by atoms with Crippen LogP contribution in [0.5, 0.6) is 17.2 Å². The van der Waals surface area contributed by atoms with E-state index in [1.807, 2.05) is 12.1 Å². The third-order valence-electron chi connectivity index (χ3n) is 4.76. The number of ether oxygens (including phenoxy) is 5. The summed E-state index contributed by atoms with van der Waals surface area (Å²) in [5, 5.41) is 3.43. The molecule has 8 nitrogen and oxygen atoms in total. The summed E-state index contributed by atoms with van der Waals surface area (Å²) >= 11 is 0. The molecule has 1 N–H and O–H groups in total. The zero-order valence-electron chi connectivity index (χ0n) is 17.6. The molecule has 1 atom stereocenters. The molecule has 0 bridgehead atoms. The van der Waals surface area contributed by atoms with Crippen LogP contribution >= 0.6 is 0 Å². The van der Waals surface area contributed by atoms with Gasteiger partial charge in [-0.3, -0.25) is 4.99 Å². The van der Waals surface area contributed by atoms with Gasteiger partial charge in [0.2, 0.25) is 5.75 Å². The van der Waals surface area contributed by atoms with E-state index in [-0.39, 0.29) is 0 Å². The summed E-state index contributed by atoms with van der Waals surface area (Å²) in [5.41, 5.74) is 1.02. The van der Waals surface area contributed by atoms with E-state index in [1.165, 1.54) is 0 Å². The normalized spacial score (nSPS) is 17.0. The van der Waals surface area contributed by atoms with E-state index in [1.54, 1.807) is 35.5 Å². The van der Waals surface area contributed by atoms with Gasteiger partial charge >= 0.3 is 0 Å². The summed E-state index contributed by atoms with van der Waals surface area (Å²) in [6.07, 6.45) is 1.10. The summed E-state index contributed by atoms with van der Waals surface area (Å²) in [6.45, 7) is 4.53. The maximum atomic E-state index is 5.67. The van der Waals surface area contributed by atoms with Crippen LogP contribution in [0.4, 0.5) is 0 Å². The van der Waals surface area contributed by atoms with E-state index in [9.17, 15) is 0 Å². The molecule has 1 saturated heterocycles. The molecule has 1 unspecified atom stereocenters. The molecule has 0 amide bonds. The van der Waals surface area contributed by atoms with Gasteiger partial charge in [0.1, 0.15) is 0 Å². The minimum absolute atomic E-state index is 0.511. The van der Waals surface area contributed by atoms with Crippen LogP contribution in [0.1, 0.15) is 12.0 Å². The topological polar surface area (TPSA) is 73.8 Å². The molecule has 1 aromatic rings. The highest BCUT2D eigenvalue weighted by atomic mass is 16.5. The highest BCUT2D eigenvalue weighted by molar-refractivity contribution is 5.80. The van der Waals surface area contributed by atoms with Crippen LogP contribution in [0.15, 0.2) is 17.1 Å². The molecule has 8 heteroatoms. The number of nitrogens with one attached hydrogen (secondary N) is 1. The Labute approximate surface area is 167 Å². The quantitative estimate of drug-likeness (QED) is 0.368. The first-order valence-corrected chi connectivity index (χ1v) is 9.47. The van der Waals surface area contributed by atoms with Crippen molar-refractivity contribution in [2.24, 2.45) is 10.9 Å². The van der Waals surface area contributed by atoms with E-state index < -0.39 is 0 Å². The van der Waals surface area contributed by atoms with Crippen molar-refractivity contribution in [2.75, 3.05) is 68.4 Å². The Balaban J connectivity index is 1.92. The van der Waals surface area contributed by atoms with Crippen molar-refractivity contribution in [2.45, 2.75) is 13.0 Å². The summed E-state index contributed by atoms with van der Waals surface area (Å²) in [6, 6.07) is 3.89. The summed E-state index contributed by atoms with van der Waals surface area (Å²) in [4.78, 5) is 6.70. The van der Waals surface area contributed by atoms with Crippen LogP contribution < -0.4 is 19.5 Å². The van der Waals surface area contributed by atoms with Gasteiger partial charge in [-0.1, -0.05) is 0 Å². The Kier molecular flexibility index (Phi) is 9.16. The molecule has 0 spiro atoms. The van der Waals surface area contributed by atoms with E-state index in [0.717, 1.165) is 37.6 Å². The second-order valence-electron chi connectivity index (χ2n) is 6.60. The number of aliphatic imine (C=N–C) groups is 1. The Bertz CT molecular complexity index is 613. The lowest BCUT2D eigenvalue weighted by Gasteiger charge is -2.22. The fourth-order valence-corrected chi connectivity index (χ4v) is 3.30. The van der Waals surface area contributed by atoms with Crippen molar-refractivity contribution < 1.29 is 23.7 Å². The zero-order valence-corrected chi connectivity index (χ0v) is 17.6. The monoisotopic (exact) mass is 395 g/mol. The Morgan fingerprint density at radius 2 is 1.82 bits per heavy atom. The first-order chi connectivity index (χ1) is 13.7. The Hall–Kier alpha value is -2.19. The van der Waals surface area contributed by atoms with Crippen molar-refractivity contribution in [3.8, 4) is 17.2 Å². The predicted molar refractivity (Wildman–Crippen MR) is 109 cm³/mol. The number of methoxy groups -OCH3 is 4. The molecule has 28 heavy (non-hydrogen) atoms. The van der Waals surface area contributed by atoms with Crippen LogP contribution in [0.3, 0.4) is 0 Å². The second kappa shape index (κ2) is 11.6. The lowest BCUT2D eigenvalue weighted by atomic mass is 10.1. The highest BCUT2D eigenvalue weighted by Crippen LogP contribution is 2.38. The molecule has 0 saturated carbocycles. The van der Waals surface area contributed by atoms with Gasteiger partial charge in [0, 0.05) is 39.7 Å². The van der Waals surface area contributed by atoms with Crippen molar-refractivity contribution in [3.63, 3.8) is 0 Å². The number of guanidine groups is 1. The smallest absolute Gasteiger partial charge is 0.203 e. The van der Waals surface area contributed by atoms with Crippen molar-refractivity contribution in [1.82, 2.24) is 10.2 Å². The van der Waals surface area contributed by atoms with Crippen molar-refractivity contribution in [3.05, 3.63) is 17.7 Å². The first kappa shape index (κ1) is 22.1. The standard InChI is InChI=1S/C20H33N3O5/c1-21-20(23-7-6-15(13-23)14-28-9-8-24-2)22-12-16-10-17(25-3)19(27-5)18(11-16)26-4/h10-11,15H,6-9,12-14H2,1-5H3,(H,21,22). The second-order valence-corrected chi connectivity index (χ2v) is 6.60. The van der Waals surface area contributed by atoms with Gasteiger partial charge in [0.05, 0.1) is 41.2 Å². The van der Waals surface area contributed by atoms with Crippen molar-refractivity contribution >= 4 is 5.96 Å². The molecular formula is C20H33N3O5. The number of hydrogen-bond donors (Lipinski definition) is 1. The van der Waals surface area contributed by atoms with Gasteiger partial charge in [-0.05, 0) is 24.1 Å². The number of likely N-dealkylation sites (tertiary alicyclic amines) is 1. The average molecular weight is 396 g/mol. The van der Waals surface area contributed by atoms with Crippen LogP contribution in [-0.2, 0) is 16.0 Å². The number of benzene rings is 1. The molecule has 0 radical (unpaired) electrons. The third kappa shape index (κ3) is 5.90.